The fourth-order valence-electron chi connectivity index (χ4n) is 1.95. The first kappa shape index (κ1) is 11.3. The van der Waals surface area contributed by atoms with Crippen molar-refractivity contribution in [2.75, 3.05) is 33.3 Å². The molecule has 0 saturated carbocycles. The lowest BCUT2D eigenvalue weighted by Gasteiger charge is -2.32. The van der Waals surface area contributed by atoms with Crippen molar-refractivity contribution in [1.82, 2.24) is 20.2 Å². The Hall–Kier alpha value is -1.20. The van der Waals surface area contributed by atoms with E-state index in [2.05, 4.69) is 27.1 Å². The van der Waals surface area contributed by atoms with Crippen LogP contribution in [0.5, 0.6) is 5.88 Å². The van der Waals surface area contributed by atoms with Crippen molar-refractivity contribution in [2.45, 2.75) is 13.0 Å². The van der Waals surface area contributed by atoms with E-state index in [1.165, 1.54) is 0 Å². The molecule has 0 radical (unpaired) electrons. The minimum absolute atomic E-state index is 0.319. The van der Waals surface area contributed by atoms with E-state index in [-0.39, 0.29) is 0 Å². The summed E-state index contributed by atoms with van der Waals surface area (Å²) >= 11 is 0. The number of rotatable bonds is 3. The van der Waals surface area contributed by atoms with Gasteiger partial charge in [0.2, 0.25) is 5.88 Å². The molecule has 0 aliphatic carbocycles. The molecule has 1 fully saturated rings. The summed E-state index contributed by atoms with van der Waals surface area (Å²) in [4.78, 5) is 10.7. The quantitative estimate of drug-likeness (QED) is 0.804. The van der Waals surface area contributed by atoms with Crippen molar-refractivity contribution >= 4 is 0 Å². The van der Waals surface area contributed by atoms with E-state index in [1.54, 1.807) is 13.4 Å². The molecule has 16 heavy (non-hydrogen) atoms. The highest BCUT2D eigenvalue weighted by atomic mass is 16.5. The molecule has 1 atom stereocenters. The van der Waals surface area contributed by atoms with Gasteiger partial charge in [-0.2, -0.15) is 0 Å². The van der Waals surface area contributed by atoms with Gasteiger partial charge < -0.3 is 10.1 Å². The van der Waals surface area contributed by atoms with Crippen LogP contribution in [0.1, 0.15) is 18.7 Å². The summed E-state index contributed by atoms with van der Waals surface area (Å²) in [6.07, 6.45) is 1.56. The number of methoxy groups -OCH3 is 1. The van der Waals surface area contributed by atoms with E-state index in [1.807, 2.05) is 6.07 Å². The Morgan fingerprint density at radius 3 is 2.81 bits per heavy atom. The molecule has 0 spiro atoms. The maximum absolute atomic E-state index is 5.11. The third-order valence-corrected chi connectivity index (χ3v) is 3.00. The zero-order valence-corrected chi connectivity index (χ0v) is 9.81. The van der Waals surface area contributed by atoms with Crippen LogP contribution in [0.4, 0.5) is 0 Å². The molecule has 1 aromatic rings. The molecule has 2 rings (SSSR count). The SMILES string of the molecule is COc1cc(C(C)N2CCNCC2)ncn1. The minimum Gasteiger partial charge on any atom is -0.481 e. The van der Waals surface area contributed by atoms with Crippen LogP contribution in [0.2, 0.25) is 0 Å². The number of aromatic nitrogens is 2. The molecule has 1 N–H and O–H groups in total. The first-order valence-corrected chi connectivity index (χ1v) is 5.62. The maximum Gasteiger partial charge on any atom is 0.216 e. The van der Waals surface area contributed by atoms with Crippen LogP contribution in [0.3, 0.4) is 0 Å². The van der Waals surface area contributed by atoms with E-state index in [0.717, 1.165) is 31.9 Å². The Morgan fingerprint density at radius 2 is 2.12 bits per heavy atom. The third kappa shape index (κ3) is 2.48. The molecule has 0 bridgehead atoms. The molecule has 1 aliphatic heterocycles. The molecule has 5 nitrogen and oxygen atoms in total. The fraction of sp³-hybridized carbons (Fsp3) is 0.636. The summed E-state index contributed by atoms with van der Waals surface area (Å²) in [5.74, 6) is 0.631. The molecule has 1 saturated heterocycles. The van der Waals surface area contributed by atoms with Crippen molar-refractivity contribution in [3.63, 3.8) is 0 Å². The lowest BCUT2D eigenvalue weighted by molar-refractivity contribution is 0.182. The molecule has 0 aromatic carbocycles. The second kappa shape index (κ2) is 5.23. The lowest BCUT2D eigenvalue weighted by Crippen LogP contribution is -2.44. The molecule has 1 aromatic heterocycles. The van der Waals surface area contributed by atoms with E-state index in [9.17, 15) is 0 Å². The first-order chi connectivity index (χ1) is 7.81. The van der Waals surface area contributed by atoms with E-state index in [0.29, 0.717) is 11.9 Å². The number of nitrogens with zero attached hydrogens (tertiary/aromatic N) is 3. The Labute approximate surface area is 95.8 Å². The summed E-state index contributed by atoms with van der Waals surface area (Å²) in [6, 6.07) is 2.23. The van der Waals surface area contributed by atoms with Crippen LogP contribution in [0, 0.1) is 0 Å². The zero-order chi connectivity index (χ0) is 11.4. The summed E-state index contributed by atoms with van der Waals surface area (Å²) in [5, 5.41) is 3.34. The second-order valence-electron chi connectivity index (χ2n) is 3.95. The van der Waals surface area contributed by atoms with Gasteiger partial charge in [0, 0.05) is 38.3 Å². The van der Waals surface area contributed by atoms with Crippen LogP contribution in [-0.4, -0.2) is 48.2 Å². The topological polar surface area (TPSA) is 50.3 Å². The largest absolute Gasteiger partial charge is 0.481 e. The van der Waals surface area contributed by atoms with Gasteiger partial charge in [0.1, 0.15) is 6.33 Å². The van der Waals surface area contributed by atoms with Crippen molar-refractivity contribution in [3.05, 3.63) is 18.1 Å². The minimum atomic E-state index is 0.319. The van der Waals surface area contributed by atoms with Gasteiger partial charge in [0.15, 0.2) is 0 Å². The molecule has 1 unspecified atom stereocenters. The van der Waals surface area contributed by atoms with E-state index >= 15 is 0 Å². The average Bonchev–Trinajstić information content (AvgIpc) is 2.39. The number of nitrogens with one attached hydrogen (secondary N) is 1. The summed E-state index contributed by atoms with van der Waals surface area (Å²) < 4.78 is 5.11. The Kier molecular flexibility index (Phi) is 3.69. The van der Waals surface area contributed by atoms with Gasteiger partial charge in [-0.15, -0.1) is 0 Å². The van der Waals surface area contributed by atoms with Crippen LogP contribution in [-0.2, 0) is 0 Å². The molecule has 1 aliphatic rings. The normalized spacial score (nSPS) is 19.4. The fourth-order valence-corrected chi connectivity index (χ4v) is 1.95. The number of hydrogen-bond donors (Lipinski definition) is 1. The van der Waals surface area contributed by atoms with Crippen molar-refractivity contribution in [1.29, 1.82) is 0 Å². The van der Waals surface area contributed by atoms with Gasteiger partial charge in [-0.25, -0.2) is 9.97 Å². The molecule has 0 amide bonds. The van der Waals surface area contributed by atoms with Gasteiger partial charge in [0.05, 0.1) is 12.8 Å². The summed E-state index contributed by atoms with van der Waals surface area (Å²) in [7, 11) is 1.63. The molecule has 5 heteroatoms. The standard InChI is InChI=1S/C11H18N4O/c1-9(15-5-3-12-4-6-15)10-7-11(16-2)14-8-13-10/h7-9,12H,3-6H2,1-2H3. The highest BCUT2D eigenvalue weighted by Crippen LogP contribution is 2.20. The lowest BCUT2D eigenvalue weighted by atomic mass is 10.1. The Balaban J connectivity index is 2.09. The van der Waals surface area contributed by atoms with Crippen LogP contribution in [0.25, 0.3) is 0 Å². The predicted octanol–water partition coefficient (Wildman–Crippen LogP) is 0.451. The maximum atomic E-state index is 5.11. The van der Waals surface area contributed by atoms with Gasteiger partial charge >= 0.3 is 0 Å². The van der Waals surface area contributed by atoms with Gasteiger partial charge in [-0.1, -0.05) is 0 Å². The Morgan fingerprint density at radius 1 is 1.38 bits per heavy atom. The van der Waals surface area contributed by atoms with Crippen molar-refractivity contribution in [3.8, 4) is 5.88 Å². The number of ether oxygens (including phenoxy) is 1. The molecule has 2 heterocycles. The van der Waals surface area contributed by atoms with Crippen molar-refractivity contribution in [2.24, 2.45) is 0 Å². The molecular formula is C11H18N4O. The van der Waals surface area contributed by atoms with Crippen LogP contribution >= 0.6 is 0 Å². The number of piperazine rings is 1. The van der Waals surface area contributed by atoms with Gasteiger partial charge in [-0.3, -0.25) is 4.90 Å². The summed E-state index contributed by atoms with van der Waals surface area (Å²) in [5.41, 5.74) is 1.02. The van der Waals surface area contributed by atoms with Gasteiger partial charge in [0.25, 0.3) is 0 Å². The Bertz CT molecular complexity index is 339. The van der Waals surface area contributed by atoms with E-state index in [4.69, 9.17) is 4.74 Å². The highest BCUT2D eigenvalue weighted by molar-refractivity contribution is 5.16. The van der Waals surface area contributed by atoms with Crippen molar-refractivity contribution < 1.29 is 4.74 Å². The van der Waals surface area contributed by atoms with Gasteiger partial charge in [-0.05, 0) is 6.92 Å². The number of hydrogen-bond acceptors (Lipinski definition) is 5. The second-order valence-corrected chi connectivity index (χ2v) is 3.95. The predicted molar refractivity (Wildman–Crippen MR) is 61.4 cm³/mol. The summed E-state index contributed by atoms with van der Waals surface area (Å²) in [6.45, 7) is 6.40. The third-order valence-electron chi connectivity index (χ3n) is 3.00. The first-order valence-electron chi connectivity index (χ1n) is 5.62. The van der Waals surface area contributed by atoms with Crippen LogP contribution < -0.4 is 10.1 Å². The molecular weight excluding hydrogens is 204 g/mol. The highest BCUT2D eigenvalue weighted by Gasteiger charge is 2.19. The smallest absolute Gasteiger partial charge is 0.216 e. The molecule has 88 valence electrons. The van der Waals surface area contributed by atoms with E-state index < -0.39 is 0 Å². The average molecular weight is 222 g/mol. The monoisotopic (exact) mass is 222 g/mol. The zero-order valence-electron chi connectivity index (χ0n) is 9.81. The van der Waals surface area contributed by atoms with Crippen LogP contribution in [0.15, 0.2) is 12.4 Å².